The minimum Gasteiger partial charge on any atom is -0.476 e. The number of hydrogen-bond acceptors (Lipinski definition) is 7. The maximum absolute atomic E-state index is 13.8. The van der Waals surface area contributed by atoms with E-state index in [1.165, 1.54) is 46.5 Å². The van der Waals surface area contributed by atoms with Gasteiger partial charge in [-0.25, -0.2) is 9.37 Å². The predicted molar refractivity (Wildman–Crippen MR) is 161 cm³/mol. The molecule has 0 unspecified atom stereocenters. The first kappa shape index (κ1) is 28.5. The summed E-state index contributed by atoms with van der Waals surface area (Å²) in [6.07, 6.45) is 8.04. The van der Waals surface area contributed by atoms with E-state index in [1.54, 1.807) is 0 Å². The minimum absolute atomic E-state index is 0.132. The lowest BCUT2D eigenvalue weighted by Gasteiger charge is -2.43. The second kappa shape index (κ2) is 12.3. The van der Waals surface area contributed by atoms with E-state index in [1.807, 2.05) is 6.07 Å². The van der Waals surface area contributed by atoms with Crippen molar-refractivity contribution < 1.29 is 13.9 Å². The molecule has 3 aliphatic heterocycles. The monoisotopic (exact) mass is 572 g/mol. The summed E-state index contributed by atoms with van der Waals surface area (Å²) in [6.45, 7) is 7.80. The Balaban J connectivity index is 1.31. The smallest absolute Gasteiger partial charge is 0.282 e. The zero-order valence-corrected chi connectivity index (χ0v) is 24.7. The Morgan fingerprint density at radius 2 is 1.93 bits per heavy atom. The standard InChI is InChI=1S/C33H41FN6O2/c1-23(34)33(41)40-18-17-39(20-25(40)12-14-35)31-19-32(42-22-26-9-6-15-37(26)2)36-29-21-38(16-13-28(29)31)30-11-5-8-24-7-3-4-10-27(24)30/h5,8,11,19,25-26H,1,3-4,6-7,9-10,12-13,15-18,20-22H2,2H3/t25-,26-/m0/s1. The van der Waals surface area contributed by atoms with Gasteiger partial charge in [-0.3, -0.25) is 4.79 Å². The predicted octanol–water partition coefficient (Wildman–Crippen LogP) is 4.41. The number of ether oxygens (including phenoxy) is 1. The number of likely N-dealkylation sites (N-methyl/N-ethyl adjacent to an activating group) is 1. The molecule has 1 aromatic carbocycles. The van der Waals surface area contributed by atoms with Crippen molar-refractivity contribution in [1.82, 2.24) is 14.8 Å². The van der Waals surface area contributed by atoms with Crippen molar-refractivity contribution in [3.63, 3.8) is 0 Å². The molecule has 8 nitrogen and oxygen atoms in total. The Hall–Kier alpha value is -3.64. The van der Waals surface area contributed by atoms with E-state index in [2.05, 4.69) is 52.6 Å². The van der Waals surface area contributed by atoms with Gasteiger partial charge < -0.3 is 24.3 Å². The Kier molecular flexibility index (Phi) is 8.34. The molecule has 0 bridgehead atoms. The first-order valence-electron chi connectivity index (χ1n) is 15.4. The zero-order valence-electron chi connectivity index (χ0n) is 24.7. The summed E-state index contributed by atoms with van der Waals surface area (Å²) >= 11 is 0. The number of aromatic nitrogens is 1. The lowest BCUT2D eigenvalue weighted by Crippen LogP contribution is -2.55. The van der Waals surface area contributed by atoms with Gasteiger partial charge in [-0.15, -0.1) is 0 Å². The van der Waals surface area contributed by atoms with Crippen molar-refractivity contribution in [2.75, 3.05) is 56.2 Å². The molecule has 1 amide bonds. The number of nitriles is 1. The van der Waals surface area contributed by atoms with Crippen LogP contribution in [0, 0.1) is 11.3 Å². The Morgan fingerprint density at radius 3 is 2.71 bits per heavy atom. The number of fused-ring (bicyclic) bond motifs is 2. The summed E-state index contributed by atoms with van der Waals surface area (Å²) in [5, 5.41) is 9.50. The molecule has 0 radical (unpaired) electrons. The van der Waals surface area contributed by atoms with Gasteiger partial charge in [0.15, 0.2) is 5.83 Å². The summed E-state index contributed by atoms with van der Waals surface area (Å²) in [7, 11) is 2.15. The molecule has 0 spiro atoms. The van der Waals surface area contributed by atoms with Crippen LogP contribution in [-0.2, 0) is 30.6 Å². The number of benzene rings is 1. The fourth-order valence-corrected chi connectivity index (χ4v) is 7.26. The fourth-order valence-electron chi connectivity index (χ4n) is 7.26. The van der Waals surface area contributed by atoms with E-state index in [4.69, 9.17) is 9.72 Å². The van der Waals surface area contributed by atoms with E-state index < -0.39 is 17.8 Å². The van der Waals surface area contributed by atoms with Crippen molar-refractivity contribution in [1.29, 1.82) is 5.26 Å². The molecular weight excluding hydrogens is 531 g/mol. The Morgan fingerprint density at radius 1 is 1.07 bits per heavy atom. The summed E-state index contributed by atoms with van der Waals surface area (Å²) < 4.78 is 20.2. The number of hydrogen-bond donors (Lipinski definition) is 0. The number of piperazine rings is 1. The van der Waals surface area contributed by atoms with Gasteiger partial charge in [0.1, 0.15) is 6.61 Å². The summed E-state index contributed by atoms with van der Waals surface area (Å²) in [4.78, 5) is 26.1. The van der Waals surface area contributed by atoms with Gasteiger partial charge in [0.05, 0.1) is 30.8 Å². The quantitative estimate of drug-likeness (QED) is 0.455. The second-order valence-corrected chi connectivity index (χ2v) is 12.2. The maximum Gasteiger partial charge on any atom is 0.282 e. The molecule has 2 aromatic rings. The molecule has 1 aromatic heterocycles. The molecule has 4 aliphatic rings. The highest BCUT2D eigenvalue weighted by Crippen LogP contribution is 2.37. The van der Waals surface area contributed by atoms with Gasteiger partial charge in [-0.2, -0.15) is 5.26 Å². The van der Waals surface area contributed by atoms with Crippen LogP contribution in [0.4, 0.5) is 15.8 Å². The van der Waals surface area contributed by atoms with Crippen molar-refractivity contribution in [3.8, 4) is 11.9 Å². The van der Waals surface area contributed by atoms with Crippen LogP contribution in [0.15, 0.2) is 36.7 Å². The third-order valence-electron chi connectivity index (χ3n) is 9.59. The number of halogens is 1. The van der Waals surface area contributed by atoms with E-state index >= 15 is 0 Å². The van der Waals surface area contributed by atoms with Crippen molar-refractivity contribution in [2.45, 2.75) is 70.0 Å². The highest BCUT2D eigenvalue weighted by Gasteiger charge is 2.34. The first-order valence-corrected chi connectivity index (χ1v) is 15.4. The van der Waals surface area contributed by atoms with Crippen LogP contribution in [-0.4, -0.2) is 79.2 Å². The normalized spacial score (nSPS) is 22.4. The van der Waals surface area contributed by atoms with Gasteiger partial charge in [-0.1, -0.05) is 18.7 Å². The first-order chi connectivity index (χ1) is 20.4. The molecule has 0 N–H and O–H groups in total. The van der Waals surface area contributed by atoms with Crippen LogP contribution in [0.3, 0.4) is 0 Å². The average molecular weight is 573 g/mol. The molecule has 222 valence electrons. The van der Waals surface area contributed by atoms with Crippen molar-refractivity contribution in [2.24, 2.45) is 0 Å². The minimum atomic E-state index is -0.983. The zero-order chi connectivity index (χ0) is 29.2. The third kappa shape index (κ3) is 5.69. The number of nitrogens with zero attached hydrogens (tertiary/aromatic N) is 6. The average Bonchev–Trinajstić information content (AvgIpc) is 3.43. The molecule has 9 heteroatoms. The molecule has 42 heavy (non-hydrogen) atoms. The number of likely N-dealkylation sites (tertiary alicyclic amines) is 1. The lowest BCUT2D eigenvalue weighted by molar-refractivity contribution is -0.131. The van der Waals surface area contributed by atoms with Gasteiger partial charge in [0.2, 0.25) is 5.88 Å². The highest BCUT2D eigenvalue weighted by atomic mass is 19.1. The highest BCUT2D eigenvalue weighted by molar-refractivity contribution is 5.91. The van der Waals surface area contributed by atoms with Gasteiger partial charge in [-0.05, 0) is 75.7 Å². The van der Waals surface area contributed by atoms with Crippen LogP contribution >= 0.6 is 0 Å². The number of rotatable bonds is 7. The number of pyridine rings is 1. The van der Waals surface area contributed by atoms with E-state index in [0.717, 1.165) is 50.2 Å². The molecule has 0 saturated carbocycles. The molecule has 1 aliphatic carbocycles. The topological polar surface area (TPSA) is 75.9 Å². The summed E-state index contributed by atoms with van der Waals surface area (Å²) in [6, 6.07) is 10.9. The number of carbonyl (C=O) groups is 1. The van der Waals surface area contributed by atoms with Crippen molar-refractivity contribution >= 4 is 17.3 Å². The SMILES string of the molecule is C=C(F)C(=O)N1CCN(c2cc(OC[C@@H]3CCCN3C)nc3c2CCN(c2cccc4c2CCCC4)C3)C[C@@H]1CC#N. The fraction of sp³-hybridized carbons (Fsp3) is 0.545. The number of amides is 1. The number of carbonyl (C=O) groups excluding carboxylic acids is 1. The molecule has 2 saturated heterocycles. The number of anilines is 2. The number of aryl methyl sites for hydroxylation is 1. The Bertz CT molecular complexity index is 1390. The van der Waals surface area contributed by atoms with Gasteiger partial charge >= 0.3 is 0 Å². The third-order valence-corrected chi connectivity index (χ3v) is 9.59. The van der Waals surface area contributed by atoms with Crippen molar-refractivity contribution in [3.05, 3.63) is 59.1 Å². The molecule has 4 heterocycles. The van der Waals surface area contributed by atoms with Crippen LogP contribution in [0.1, 0.15) is 54.5 Å². The Labute approximate surface area is 248 Å². The largest absolute Gasteiger partial charge is 0.476 e. The summed E-state index contributed by atoms with van der Waals surface area (Å²) in [5.41, 5.74) is 7.56. The van der Waals surface area contributed by atoms with E-state index in [0.29, 0.717) is 44.7 Å². The molecular formula is C33H41FN6O2. The van der Waals surface area contributed by atoms with E-state index in [-0.39, 0.29) is 6.42 Å². The van der Waals surface area contributed by atoms with E-state index in [9.17, 15) is 14.4 Å². The lowest BCUT2D eigenvalue weighted by atomic mass is 9.89. The van der Waals surface area contributed by atoms with Gasteiger partial charge in [0.25, 0.3) is 5.91 Å². The van der Waals surface area contributed by atoms with Gasteiger partial charge in [0, 0.05) is 55.2 Å². The molecule has 6 rings (SSSR count). The van der Waals surface area contributed by atoms with Crippen LogP contribution in [0.25, 0.3) is 0 Å². The maximum atomic E-state index is 13.8. The molecule has 2 fully saturated rings. The molecule has 2 atom stereocenters. The van der Waals surface area contributed by atoms with Crippen LogP contribution < -0.4 is 14.5 Å². The van der Waals surface area contributed by atoms with Crippen LogP contribution in [0.2, 0.25) is 0 Å². The summed E-state index contributed by atoms with van der Waals surface area (Å²) in [5.74, 6) is -1.09. The second-order valence-electron chi connectivity index (χ2n) is 12.2. The van der Waals surface area contributed by atoms with Crippen LogP contribution in [0.5, 0.6) is 5.88 Å².